The molecule has 0 amide bonds. The van der Waals surface area contributed by atoms with Crippen LogP contribution in [-0.4, -0.2) is 12.4 Å². The summed E-state index contributed by atoms with van der Waals surface area (Å²) in [6.07, 6.45) is 22.3. The number of ketones is 1. The van der Waals surface area contributed by atoms with E-state index in [4.69, 9.17) is 4.74 Å². The van der Waals surface area contributed by atoms with Crippen molar-refractivity contribution in [2.45, 2.75) is 130 Å². The molecule has 0 saturated heterocycles. The molecule has 0 radical (unpaired) electrons. The van der Waals surface area contributed by atoms with Crippen LogP contribution in [0, 0.1) is 0 Å². The normalized spacial score (nSPS) is 12.0. The first-order chi connectivity index (χ1) is 16.0. The second-order valence-corrected chi connectivity index (χ2v) is 9.56. The summed E-state index contributed by atoms with van der Waals surface area (Å²) in [5.41, 5.74) is 1.32. The van der Waals surface area contributed by atoms with E-state index in [-0.39, 0.29) is 11.5 Å². The minimum absolute atomic E-state index is 0.147. The molecule has 0 aliphatic carbocycles. The highest BCUT2D eigenvalue weighted by molar-refractivity contribution is 5.93. The fourth-order valence-electron chi connectivity index (χ4n) is 4.24. The molecule has 0 aliphatic heterocycles. The van der Waals surface area contributed by atoms with E-state index in [1.165, 1.54) is 110 Å². The number of carbonyl (C=O) groups is 1. The fourth-order valence-corrected chi connectivity index (χ4v) is 4.24. The van der Waals surface area contributed by atoms with E-state index < -0.39 is 0 Å². The van der Waals surface area contributed by atoms with Crippen LogP contribution in [0.15, 0.2) is 35.6 Å². The molecular formula is C30H49O3-. The number of allylic oxidation sites excluding steroid dienone is 2. The van der Waals surface area contributed by atoms with E-state index in [9.17, 15) is 9.90 Å². The van der Waals surface area contributed by atoms with Crippen molar-refractivity contribution in [2.75, 3.05) is 6.61 Å². The van der Waals surface area contributed by atoms with Gasteiger partial charge in [-0.1, -0.05) is 122 Å². The molecule has 3 nitrogen and oxygen atoms in total. The van der Waals surface area contributed by atoms with Crippen LogP contribution < -0.4 is 9.84 Å². The van der Waals surface area contributed by atoms with Gasteiger partial charge < -0.3 is 9.84 Å². The molecule has 1 aromatic rings. The van der Waals surface area contributed by atoms with Gasteiger partial charge in [0.25, 0.3) is 0 Å². The van der Waals surface area contributed by atoms with Crippen LogP contribution in [0.2, 0.25) is 0 Å². The molecule has 1 aromatic carbocycles. The Balaban J connectivity index is 1.95. The lowest BCUT2D eigenvalue weighted by molar-refractivity contribution is -0.303. The lowest BCUT2D eigenvalue weighted by Crippen LogP contribution is -2.11. The third kappa shape index (κ3) is 15.7. The minimum Gasteiger partial charge on any atom is -0.875 e. The molecule has 0 heterocycles. The largest absolute Gasteiger partial charge is 0.875 e. The van der Waals surface area contributed by atoms with Gasteiger partial charge in [-0.25, -0.2) is 0 Å². The number of hydrogen-bond acceptors (Lipinski definition) is 3. The third-order valence-electron chi connectivity index (χ3n) is 6.42. The third-order valence-corrected chi connectivity index (χ3v) is 6.42. The zero-order valence-corrected chi connectivity index (χ0v) is 21.8. The number of ether oxygens (including phenoxy) is 1. The van der Waals surface area contributed by atoms with Gasteiger partial charge in [0.05, 0.1) is 6.61 Å². The maximum absolute atomic E-state index is 11.6. The SMILES string of the molecule is CCCCCCCCCCCCCCCCCCOc1ccc(C/C(C(C)=O)=C(\C)[O-])cc1. The van der Waals surface area contributed by atoms with Crippen LogP contribution in [0.1, 0.15) is 129 Å². The maximum atomic E-state index is 11.6. The van der Waals surface area contributed by atoms with E-state index in [0.29, 0.717) is 12.0 Å². The molecule has 33 heavy (non-hydrogen) atoms. The topological polar surface area (TPSA) is 49.4 Å². The summed E-state index contributed by atoms with van der Waals surface area (Å²) in [6.45, 7) is 5.93. The summed E-state index contributed by atoms with van der Waals surface area (Å²) in [7, 11) is 0. The van der Waals surface area contributed by atoms with Crippen LogP contribution >= 0.6 is 0 Å². The van der Waals surface area contributed by atoms with Crippen molar-refractivity contribution in [1.82, 2.24) is 0 Å². The molecule has 0 unspecified atom stereocenters. The minimum atomic E-state index is -0.147. The lowest BCUT2D eigenvalue weighted by Gasteiger charge is -2.13. The number of rotatable bonds is 21. The van der Waals surface area contributed by atoms with Gasteiger partial charge >= 0.3 is 0 Å². The predicted molar refractivity (Wildman–Crippen MR) is 139 cm³/mol. The van der Waals surface area contributed by atoms with Crippen LogP contribution in [0.3, 0.4) is 0 Å². The summed E-state index contributed by atoms with van der Waals surface area (Å²) >= 11 is 0. The average Bonchev–Trinajstić information content (AvgIpc) is 2.80. The number of carbonyl (C=O) groups excluding carboxylic acids is 1. The van der Waals surface area contributed by atoms with Gasteiger partial charge in [0.15, 0.2) is 5.78 Å². The molecule has 0 N–H and O–H groups in total. The Hall–Kier alpha value is -1.77. The molecule has 0 spiro atoms. The molecule has 0 fully saturated rings. The quantitative estimate of drug-likeness (QED) is 0.106. The van der Waals surface area contributed by atoms with Crippen molar-refractivity contribution in [2.24, 2.45) is 0 Å². The first kappa shape index (κ1) is 29.3. The standard InChI is InChI=1S/C30H50O3/c1-4-5-6-7-8-9-10-11-12-13-14-15-16-17-18-19-24-33-29-22-20-28(21-23-29)25-30(26(2)31)27(3)32/h20-23,31H,4-19,24-25H2,1-3H3/p-1/b30-26-. The molecule has 0 aromatic heterocycles. The number of benzene rings is 1. The second kappa shape index (κ2) is 19.7. The van der Waals surface area contributed by atoms with Crippen molar-refractivity contribution in [1.29, 1.82) is 0 Å². The van der Waals surface area contributed by atoms with Gasteiger partial charge in [-0.15, -0.1) is 5.76 Å². The molecule has 188 valence electrons. The molecule has 0 atom stereocenters. The first-order valence-electron chi connectivity index (χ1n) is 13.6. The van der Waals surface area contributed by atoms with Gasteiger partial charge in [0.2, 0.25) is 0 Å². The Morgan fingerprint density at radius 3 is 1.52 bits per heavy atom. The highest BCUT2D eigenvalue weighted by atomic mass is 16.5. The first-order valence-corrected chi connectivity index (χ1v) is 13.6. The number of hydrogen-bond donors (Lipinski definition) is 0. The van der Waals surface area contributed by atoms with Crippen molar-refractivity contribution in [3.63, 3.8) is 0 Å². The van der Waals surface area contributed by atoms with Gasteiger partial charge in [-0.2, -0.15) is 0 Å². The van der Waals surface area contributed by atoms with Gasteiger partial charge in [-0.3, -0.25) is 4.79 Å². The summed E-state index contributed by atoms with van der Waals surface area (Å²) < 4.78 is 5.84. The van der Waals surface area contributed by atoms with Crippen LogP contribution in [0.4, 0.5) is 0 Å². The highest BCUT2D eigenvalue weighted by Crippen LogP contribution is 2.17. The predicted octanol–water partition coefficient (Wildman–Crippen LogP) is 8.09. The Morgan fingerprint density at radius 2 is 1.12 bits per heavy atom. The van der Waals surface area contributed by atoms with Crippen LogP contribution in [-0.2, 0) is 11.2 Å². The van der Waals surface area contributed by atoms with E-state index >= 15 is 0 Å². The second-order valence-electron chi connectivity index (χ2n) is 9.56. The molecular weight excluding hydrogens is 408 g/mol. The molecule has 1 rings (SSSR count). The molecule has 0 saturated carbocycles. The Kier molecular flexibility index (Phi) is 17.4. The number of Topliss-reactive ketones (excluding diaryl/α,β-unsaturated/α-hetero) is 1. The molecule has 0 bridgehead atoms. The zero-order chi connectivity index (χ0) is 24.2. The van der Waals surface area contributed by atoms with E-state index in [0.717, 1.165) is 24.3 Å². The molecule has 3 heteroatoms. The van der Waals surface area contributed by atoms with Crippen LogP contribution in [0.5, 0.6) is 5.75 Å². The Bertz CT molecular complexity index is 641. The van der Waals surface area contributed by atoms with E-state index in [1.54, 1.807) is 0 Å². The zero-order valence-electron chi connectivity index (χ0n) is 21.8. The lowest BCUT2D eigenvalue weighted by atomic mass is 10.0. The van der Waals surface area contributed by atoms with Crippen molar-refractivity contribution in [3.05, 3.63) is 41.2 Å². The van der Waals surface area contributed by atoms with Gasteiger partial charge in [-0.05, 0) is 43.0 Å². The van der Waals surface area contributed by atoms with Gasteiger partial charge in [0, 0.05) is 0 Å². The summed E-state index contributed by atoms with van der Waals surface area (Å²) in [4.78, 5) is 11.6. The van der Waals surface area contributed by atoms with E-state index in [1.807, 2.05) is 24.3 Å². The van der Waals surface area contributed by atoms with Crippen molar-refractivity contribution < 1.29 is 14.6 Å². The van der Waals surface area contributed by atoms with Crippen molar-refractivity contribution >= 4 is 5.78 Å². The fraction of sp³-hybridized carbons (Fsp3) is 0.700. The maximum Gasteiger partial charge on any atom is 0.155 e. The summed E-state index contributed by atoms with van der Waals surface area (Å²) in [5.74, 6) is 0.560. The number of unbranched alkanes of at least 4 members (excludes halogenated alkanes) is 15. The summed E-state index contributed by atoms with van der Waals surface area (Å²) in [6, 6.07) is 7.74. The smallest absolute Gasteiger partial charge is 0.155 e. The summed E-state index contributed by atoms with van der Waals surface area (Å²) in [5, 5.41) is 11.6. The average molecular weight is 458 g/mol. The highest BCUT2D eigenvalue weighted by Gasteiger charge is 2.05. The monoisotopic (exact) mass is 457 g/mol. The Morgan fingerprint density at radius 1 is 0.697 bits per heavy atom. The van der Waals surface area contributed by atoms with Gasteiger partial charge in [0.1, 0.15) is 5.75 Å². The van der Waals surface area contributed by atoms with E-state index in [2.05, 4.69) is 6.92 Å². The van der Waals surface area contributed by atoms with Crippen LogP contribution in [0.25, 0.3) is 0 Å². The van der Waals surface area contributed by atoms with Crippen molar-refractivity contribution in [3.8, 4) is 5.75 Å². The Labute approximate surface area is 204 Å². The molecule has 0 aliphatic rings.